The van der Waals surface area contributed by atoms with Crippen LogP contribution in [0.2, 0.25) is 5.02 Å². The van der Waals surface area contributed by atoms with Crippen molar-refractivity contribution in [2.75, 3.05) is 39.3 Å². The molecule has 1 aliphatic carbocycles. The lowest BCUT2D eigenvalue weighted by atomic mass is 10.1. The lowest BCUT2D eigenvalue weighted by molar-refractivity contribution is 0.0569. The van der Waals surface area contributed by atoms with E-state index in [0.717, 1.165) is 17.7 Å². The molecule has 2 aromatic heterocycles. The molecule has 1 amide bonds. The van der Waals surface area contributed by atoms with Gasteiger partial charge in [-0.1, -0.05) is 28.9 Å². The van der Waals surface area contributed by atoms with Crippen LogP contribution < -0.4 is 0 Å². The van der Waals surface area contributed by atoms with Crippen LogP contribution in [0.15, 0.2) is 16.8 Å². The maximum atomic E-state index is 12.6. The number of allylic oxidation sites excluding steroid dienone is 1. The van der Waals surface area contributed by atoms with Gasteiger partial charge < -0.3 is 14.5 Å². The number of halogens is 1. The first-order valence-corrected chi connectivity index (χ1v) is 8.85. The first-order valence-electron chi connectivity index (χ1n) is 8.48. The van der Waals surface area contributed by atoms with Crippen molar-refractivity contribution in [3.8, 4) is 11.4 Å². The van der Waals surface area contributed by atoms with Crippen molar-refractivity contribution in [2.24, 2.45) is 0 Å². The molecule has 0 bridgehead atoms. The van der Waals surface area contributed by atoms with E-state index in [9.17, 15) is 4.79 Å². The van der Waals surface area contributed by atoms with Crippen LogP contribution in [-0.4, -0.2) is 75.3 Å². The fourth-order valence-electron chi connectivity index (χ4n) is 3.19. The molecule has 9 heteroatoms. The van der Waals surface area contributed by atoms with Crippen LogP contribution in [0, 0.1) is 0 Å². The van der Waals surface area contributed by atoms with Crippen molar-refractivity contribution in [3.05, 3.63) is 34.4 Å². The average Bonchev–Trinajstić information content (AvgIpc) is 3.32. The standard InChI is InChI=1S/C17H18ClN5O3/c18-14-11-2-1-3-13(11)19-10-12(14)15-20-16(26-21-15)17(25)23-6-4-22(5-7-23)8-9-24/h1-2,10,24H,3-9H2. The number of hydrogen-bond acceptors (Lipinski definition) is 7. The summed E-state index contributed by atoms with van der Waals surface area (Å²) in [7, 11) is 0. The van der Waals surface area contributed by atoms with E-state index in [1.165, 1.54) is 0 Å². The van der Waals surface area contributed by atoms with Crippen LogP contribution in [0.1, 0.15) is 21.9 Å². The van der Waals surface area contributed by atoms with Gasteiger partial charge in [0.25, 0.3) is 0 Å². The number of nitrogens with zero attached hydrogens (tertiary/aromatic N) is 5. The zero-order valence-electron chi connectivity index (χ0n) is 14.1. The van der Waals surface area contributed by atoms with Gasteiger partial charge in [0.05, 0.1) is 22.9 Å². The molecule has 2 aromatic rings. The second-order valence-corrected chi connectivity index (χ2v) is 6.61. The molecule has 1 fully saturated rings. The third-order valence-corrected chi connectivity index (χ3v) is 5.06. The second kappa shape index (κ2) is 7.14. The predicted octanol–water partition coefficient (Wildman–Crippen LogP) is 1.10. The Hall–Kier alpha value is -2.29. The first-order chi connectivity index (χ1) is 12.7. The summed E-state index contributed by atoms with van der Waals surface area (Å²) in [6, 6.07) is 0. The molecule has 4 rings (SSSR count). The summed E-state index contributed by atoms with van der Waals surface area (Å²) >= 11 is 6.44. The van der Waals surface area contributed by atoms with Crippen LogP contribution in [0.4, 0.5) is 0 Å². The van der Waals surface area contributed by atoms with E-state index in [-0.39, 0.29) is 24.2 Å². The van der Waals surface area contributed by atoms with Crippen molar-refractivity contribution in [1.82, 2.24) is 24.9 Å². The first kappa shape index (κ1) is 17.1. The molecular weight excluding hydrogens is 358 g/mol. The van der Waals surface area contributed by atoms with Gasteiger partial charge in [-0.15, -0.1) is 0 Å². The SMILES string of the molecule is O=C(c1nc(-c2cnc3c(c2Cl)C=CC3)no1)N1CCN(CCO)CC1. The van der Waals surface area contributed by atoms with E-state index in [1.54, 1.807) is 11.1 Å². The van der Waals surface area contributed by atoms with Crippen molar-refractivity contribution in [1.29, 1.82) is 0 Å². The molecule has 0 unspecified atom stereocenters. The maximum Gasteiger partial charge on any atom is 0.316 e. The average molecular weight is 376 g/mol. The van der Waals surface area contributed by atoms with Crippen molar-refractivity contribution in [3.63, 3.8) is 0 Å². The van der Waals surface area contributed by atoms with Crippen molar-refractivity contribution >= 4 is 23.6 Å². The summed E-state index contributed by atoms with van der Waals surface area (Å²) in [6.45, 7) is 3.27. The zero-order chi connectivity index (χ0) is 18.1. The highest BCUT2D eigenvalue weighted by Gasteiger charge is 2.27. The molecule has 26 heavy (non-hydrogen) atoms. The number of hydrogen-bond donors (Lipinski definition) is 1. The fourth-order valence-corrected chi connectivity index (χ4v) is 3.49. The van der Waals surface area contributed by atoms with Gasteiger partial charge in [0.15, 0.2) is 0 Å². The van der Waals surface area contributed by atoms with Crippen LogP contribution in [0.25, 0.3) is 17.5 Å². The van der Waals surface area contributed by atoms with Crippen molar-refractivity contribution in [2.45, 2.75) is 6.42 Å². The molecule has 0 saturated carbocycles. The number of pyridine rings is 1. The third kappa shape index (κ3) is 3.11. The molecule has 136 valence electrons. The smallest absolute Gasteiger partial charge is 0.316 e. The van der Waals surface area contributed by atoms with Gasteiger partial charge in [0.2, 0.25) is 5.82 Å². The highest BCUT2D eigenvalue weighted by Crippen LogP contribution is 2.33. The number of rotatable bonds is 4. The summed E-state index contributed by atoms with van der Waals surface area (Å²) in [4.78, 5) is 25.0. The minimum atomic E-state index is -0.294. The molecule has 8 nitrogen and oxygen atoms in total. The molecule has 0 aromatic carbocycles. The monoisotopic (exact) mass is 375 g/mol. The second-order valence-electron chi connectivity index (χ2n) is 6.23. The molecule has 3 heterocycles. The van der Waals surface area contributed by atoms with Gasteiger partial charge in [-0.2, -0.15) is 4.98 Å². The Balaban J connectivity index is 1.50. The number of piperazine rings is 1. The number of aliphatic hydroxyl groups excluding tert-OH is 1. The number of aromatic nitrogens is 3. The van der Waals surface area contributed by atoms with Gasteiger partial charge in [-0.3, -0.25) is 14.7 Å². The Morgan fingerprint density at radius 3 is 2.88 bits per heavy atom. The summed E-state index contributed by atoms with van der Waals surface area (Å²) in [5.74, 6) is -0.0897. The number of carbonyl (C=O) groups is 1. The minimum Gasteiger partial charge on any atom is -0.395 e. The molecule has 1 aliphatic heterocycles. The number of carbonyl (C=O) groups excluding carboxylic acids is 1. The lowest BCUT2D eigenvalue weighted by Gasteiger charge is -2.33. The van der Waals surface area contributed by atoms with Crippen LogP contribution in [0.5, 0.6) is 0 Å². The van der Waals surface area contributed by atoms with Gasteiger partial charge in [-0.25, -0.2) is 0 Å². The number of amides is 1. The van der Waals surface area contributed by atoms with Gasteiger partial charge in [-0.05, 0) is 0 Å². The summed E-state index contributed by atoms with van der Waals surface area (Å²) in [5, 5.41) is 13.4. The molecule has 1 saturated heterocycles. The molecule has 2 aliphatic rings. The quantitative estimate of drug-likeness (QED) is 0.854. The van der Waals surface area contributed by atoms with E-state index >= 15 is 0 Å². The molecule has 0 atom stereocenters. The largest absolute Gasteiger partial charge is 0.395 e. The van der Waals surface area contributed by atoms with E-state index in [2.05, 4.69) is 20.0 Å². The Kier molecular flexibility index (Phi) is 4.71. The van der Waals surface area contributed by atoms with Crippen LogP contribution in [0.3, 0.4) is 0 Å². The minimum absolute atomic E-state index is 0.0530. The van der Waals surface area contributed by atoms with Gasteiger partial charge in [0.1, 0.15) is 0 Å². The molecular formula is C17H18ClN5O3. The normalized spacial score (nSPS) is 16.9. The van der Waals surface area contributed by atoms with Crippen LogP contribution in [-0.2, 0) is 6.42 Å². The Bertz CT molecular complexity index is 858. The number of fused-ring (bicyclic) bond motifs is 1. The lowest BCUT2D eigenvalue weighted by Crippen LogP contribution is -2.49. The predicted molar refractivity (Wildman–Crippen MR) is 94.7 cm³/mol. The molecule has 0 radical (unpaired) electrons. The van der Waals surface area contributed by atoms with Crippen LogP contribution >= 0.6 is 11.6 Å². The summed E-state index contributed by atoms with van der Waals surface area (Å²) in [6.07, 6.45) is 6.29. The summed E-state index contributed by atoms with van der Waals surface area (Å²) < 4.78 is 5.17. The third-order valence-electron chi connectivity index (χ3n) is 4.65. The Morgan fingerprint density at radius 2 is 2.12 bits per heavy atom. The summed E-state index contributed by atoms with van der Waals surface area (Å²) in [5.41, 5.74) is 2.33. The number of β-amino-alcohol motifs (C(OH)–C–C–N with tert-alkyl or cyclic N) is 1. The van der Waals surface area contributed by atoms with E-state index in [1.807, 2.05) is 12.2 Å². The topological polar surface area (TPSA) is 95.6 Å². The number of aliphatic hydroxyl groups is 1. The Morgan fingerprint density at radius 1 is 1.31 bits per heavy atom. The fraction of sp³-hybridized carbons (Fsp3) is 0.412. The Labute approximate surface area is 155 Å². The molecule has 1 N–H and O–H groups in total. The zero-order valence-corrected chi connectivity index (χ0v) is 14.8. The molecule has 0 spiro atoms. The van der Waals surface area contributed by atoms with E-state index < -0.39 is 0 Å². The van der Waals surface area contributed by atoms with Crippen molar-refractivity contribution < 1.29 is 14.4 Å². The van der Waals surface area contributed by atoms with E-state index in [4.69, 9.17) is 21.2 Å². The highest BCUT2D eigenvalue weighted by atomic mass is 35.5. The van der Waals surface area contributed by atoms with E-state index in [0.29, 0.717) is 43.3 Å². The van der Waals surface area contributed by atoms with Gasteiger partial charge in [0, 0.05) is 50.9 Å². The van der Waals surface area contributed by atoms with Gasteiger partial charge >= 0.3 is 11.8 Å². The highest BCUT2D eigenvalue weighted by molar-refractivity contribution is 6.34. The maximum absolute atomic E-state index is 12.6.